The number of rotatable bonds is 8. The molecule has 2 aromatic rings. The number of nitrogens with one attached hydrogen (secondary N) is 1. The van der Waals surface area contributed by atoms with Crippen molar-refractivity contribution in [2.75, 3.05) is 24.6 Å². The molecule has 122 valence electrons. The molecule has 2 aromatic carbocycles. The Morgan fingerprint density at radius 1 is 1.13 bits per heavy atom. The van der Waals surface area contributed by atoms with Gasteiger partial charge in [-0.2, -0.15) is 0 Å². The highest BCUT2D eigenvalue weighted by molar-refractivity contribution is 5.81. The van der Waals surface area contributed by atoms with E-state index in [1.165, 1.54) is 5.56 Å². The van der Waals surface area contributed by atoms with Crippen molar-refractivity contribution >= 4 is 11.6 Å². The van der Waals surface area contributed by atoms with Crippen molar-refractivity contribution < 1.29 is 9.90 Å². The zero-order chi connectivity index (χ0) is 16.5. The van der Waals surface area contributed by atoms with Gasteiger partial charge in [-0.05, 0) is 31.0 Å². The number of aliphatic hydroxyl groups excluding tert-OH is 1. The van der Waals surface area contributed by atoms with Crippen LogP contribution in [-0.4, -0.2) is 30.7 Å². The summed E-state index contributed by atoms with van der Waals surface area (Å²) in [6, 6.07) is 17.9. The molecule has 0 heterocycles. The number of carbonyl (C=O) groups is 1. The number of hydrogen-bond donors (Lipinski definition) is 2. The van der Waals surface area contributed by atoms with Crippen LogP contribution in [0.25, 0.3) is 0 Å². The van der Waals surface area contributed by atoms with Gasteiger partial charge in [-0.15, -0.1) is 0 Å². The lowest BCUT2D eigenvalue weighted by atomic mass is 10.1. The Morgan fingerprint density at radius 3 is 2.61 bits per heavy atom. The van der Waals surface area contributed by atoms with Crippen LogP contribution >= 0.6 is 0 Å². The number of nitrogens with zero attached hydrogens (tertiary/aromatic N) is 1. The molecule has 0 fully saturated rings. The lowest BCUT2D eigenvalue weighted by Gasteiger charge is -2.24. The average Bonchev–Trinajstić information content (AvgIpc) is 2.57. The van der Waals surface area contributed by atoms with Gasteiger partial charge in [-0.25, -0.2) is 0 Å². The SMILES string of the molecule is Cc1cccc(CNC(=O)CN(CCCO)c2ccccc2)c1. The number of para-hydroxylation sites is 1. The fourth-order valence-electron chi connectivity index (χ4n) is 2.45. The van der Waals surface area contributed by atoms with E-state index in [2.05, 4.69) is 11.4 Å². The molecule has 0 radical (unpaired) electrons. The number of aryl methyl sites for hydroxylation is 1. The van der Waals surface area contributed by atoms with Crippen molar-refractivity contribution in [1.29, 1.82) is 0 Å². The van der Waals surface area contributed by atoms with Gasteiger partial charge >= 0.3 is 0 Å². The normalized spacial score (nSPS) is 10.3. The molecule has 1 amide bonds. The first-order valence-corrected chi connectivity index (χ1v) is 7.92. The molecule has 0 bridgehead atoms. The van der Waals surface area contributed by atoms with Crippen molar-refractivity contribution in [3.05, 3.63) is 65.7 Å². The third-order valence-corrected chi connectivity index (χ3v) is 3.61. The zero-order valence-corrected chi connectivity index (χ0v) is 13.5. The fourth-order valence-corrected chi connectivity index (χ4v) is 2.45. The van der Waals surface area contributed by atoms with Gasteiger partial charge in [-0.1, -0.05) is 48.0 Å². The summed E-state index contributed by atoms with van der Waals surface area (Å²) >= 11 is 0. The van der Waals surface area contributed by atoms with Crippen LogP contribution < -0.4 is 10.2 Å². The Morgan fingerprint density at radius 2 is 1.91 bits per heavy atom. The predicted molar refractivity (Wildman–Crippen MR) is 93.4 cm³/mol. The highest BCUT2D eigenvalue weighted by Gasteiger charge is 2.11. The van der Waals surface area contributed by atoms with Crippen LogP contribution in [0.3, 0.4) is 0 Å². The molecule has 4 heteroatoms. The number of anilines is 1. The van der Waals surface area contributed by atoms with Crippen molar-refractivity contribution in [3.8, 4) is 0 Å². The minimum Gasteiger partial charge on any atom is -0.396 e. The topological polar surface area (TPSA) is 52.6 Å². The minimum atomic E-state index is -0.0201. The van der Waals surface area contributed by atoms with Gasteiger partial charge in [0.15, 0.2) is 0 Å². The quantitative estimate of drug-likeness (QED) is 0.787. The van der Waals surface area contributed by atoms with Gasteiger partial charge in [0.25, 0.3) is 0 Å². The van der Waals surface area contributed by atoms with Gasteiger partial charge in [0.05, 0.1) is 6.54 Å². The average molecular weight is 312 g/mol. The molecule has 0 aliphatic rings. The van der Waals surface area contributed by atoms with Crippen LogP contribution in [0.4, 0.5) is 5.69 Å². The molecule has 0 saturated carbocycles. The van der Waals surface area contributed by atoms with Gasteiger partial charge < -0.3 is 15.3 Å². The number of benzene rings is 2. The second-order valence-electron chi connectivity index (χ2n) is 5.60. The highest BCUT2D eigenvalue weighted by atomic mass is 16.3. The molecule has 0 aliphatic carbocycles. The smallest absolute Gasteiger partial charge is 0.239 e. The number of hydrogen-bond acceptors (Lipinski definition) is 3. The van der Waals surface area contributed by atoms with E-state index in [4.69, 9.17) is 5.11 Å². The molecular formula is C19H24N2O2. The molecule has 0 unspecified atom stereocenters. The van der Waals surface area contributed by atoms with Gasteiger partial charge in [-0.3, -0.25) is 4.79 Å². The fraction of sp³-hybridized carbons (Fsp3) is 0.316. The summed E-state index contributed by atoms with van der Waals surface area (Å²) in [6.07, 6.45) is 0.639. The van der Waals surface area contributed by atoms with E-state index in [0.29, 0.717) is 19.5 Å². The molecule has 2 N–H and O–H groups in total. The first-order chi connectivity index (χ1) is 11.2. The Bertz CT molecular complexity index is 614. The number of aliphatic hydroxyl groups is 1. The first-order valence-electron chi connectivity index (χ1n) is 7.92. The summed E-state index contributed by atoms with van der Waals surface area (Å²) in [6.45, 7) is 3.63. The molecule has 0 atom stereocenters. The molecule has 0 saturated heterocycles. The third-order valence-electron chi connectivity index (χ3n) is 3.61. The van der Waals surface area contributed by atoms with E-state index in [1.807, 2.05) is 60.4 Å². The Hall–Kier alpha value is -2.33. The summed E-state index contributed by atoms with van der Waals surface area (Å²) in [7, 11) is 0. The van der Waals surface area contributed by atoms with E-state index in [1.54, 1.807) is 0 Å². The van der Waals surface area contributed by atoms with Crippen molar-refractivity contribution in [2.45, 2.75) is 19.9 Å². The largest absolute Gasteiger partial charge is 0.396 e. The van der Waals surface area contributed by atoms with Crippen LogP contribution in [0.1, 0.15) is 17.5 Å². The lowest BCUT2D eigenvalue weighted by Crippen LogP contribution is -2.37. The van der Waals surface area contributed by atoms with Gasteiger partial charge in [0, 0.05) is 25.4 Å². The molecule has 0 aliphatic heterocycles. The van der Waals surface area contributed by atoms with Gasteiger partial charge in [0.1, 0.15) is 0 Å². The molecule has 0 spiro atoms. The summed E-state index contributed by atoms with van der Waals surface area (Å²) in [4.78, 5) is 14.2. The lowest BCUT2D eigenvalue weighted by molar-refractivity contribution is -0.119. The van der Waals surface area contributed by atoms with Gasteiger partial charge in [0.2, 0.25) is 5.91 Å². The van der Waals surface area contributed by atoms with Crippen molar-refractivity contribution in [1.82, 2.24) is 5.32 Å². The van der Waals surface area contributed by atoms with E-state index < -0.39 is 0 Å². The maximum atomic E-state index is 12.2. The molecular weight excluding hydrogens is 288 g/mol. The van der Waals surface area contributed by atoms with E-state index in [9.17, 15) is 4.79 Å². The van der Waals surface area contributed by atoms with Crippen molar-refractivity contribution in [3.63, 3.8) is 0 Å². The number of amides is 1. The summed E-state index contributed by atoms with van der Waals surface area (Å²) in [5.74, 6) is -0.0201. The first kappa shape index (κ1) is 17.0. The summed E-state index contributed by atoms with van der Waals surface area (Å²) in [5.41, 5.74) is 3.28. The van der Waals surface area contributed by atoms with Crippen LogP contribution in [-0.2, 0) is 11.3 Å². The predicted octanol–water partition coefficient (Wildman–Crippen LogP) is 2.50. The maximum absolute atomic E-state index is 12.2. The van der Waals surface area contributed by atoms with Crippen LogP contribution in [0.15, 0.2) is 54.6 Å². The Kier molecular flexibility index (Phi) is 6.63. The Balaban J connectivity index is 1.92. The summed E-state index contributed by atoms with van der Waals surface area (Å²) in [5, 5.41) is 12.0. The standard InChI is InChI=1S/C19H24N2O2/c1-16-7-5-8-17(13-16)14-20-19(23)15-21(11-6-12-22)18-9-3-2-4-10-18/h2-5,7-10,13,22H,6,11-12,14-15H2,1H3,(H,20,23). The highest BCUT2D eigenvalue weighted by Crippen LogP contribution is 2.13. The minimum absolute atomic E-state index is 0.0201. The summed E-state index contributed by atoms with van der Waals surface area (Å²) < 4.78 is 0. The Labute approximate surface area is 137 Å². The maximum Gasteiger partial charge on any atom is 0.239 e. The van der Waals surface area contributed by atoms with Crippen LogP contribution in [0, 0.1) is 6.92 Å². The van der Waals surface area contributed by atoms with Crippen molar-refractivity contribution in [2.24, 2.45) is 0 Å². The second-order valence-corrected chi connectivity index (χ2v) is 5.60. The molecule has 4 nitrogen and oxygen atoms in total. The van der Waals surface area contributed by atoms with E-state index in [-0.39, 0.29) is 19.1 Å². The third kappa shape index (κ3) is 5.75. The number of carbonyl (C=O) groups excluding carboxylic acids is 1. The monoisotopic (exact) mass is 312 g/mol. The molecule has 0 aromatic heterocycles. The van der Waals surface area contributed by atoms with E-state index in [0.717, 1.165) is 11.3 Å². The molecule has 23 heavy (non-hydrogen) atoms. The second kappa shape index (κ2) is 8.96. The van der Waals surface area contributed by atoms with E-state index >= 15 is 0 Å². The molecule has 2 rings (SSSR count). The van der Waals surface area contributed by atoms with Crippen LogP contribution in [0.2, 0.25) is 0 Å². The zero-order valence-electron chi connectivity index (χ0n) is 13.5. The van der Waals surface area contributed by atoms with Crippen LogP contribution in [0.5, 0.6) is 0 Å².